The van der Waals surface area contributed by atoms with Gasteiger partial charge in [0.25, 0.3) is 0 Å². The van der Waals surface area contributed by atoms with E-state index in [0.29, 0.717) is 0 Å². The maximum Gasteiger partial charge on any atom is 0.145 e. The molecular formula is C34H22N2O. The fourth-order valence-electron chi connectivity index (χ4n) is 5.78. The van der Waals surface area contributed by atoms with Crippen LogP contribution < -0.4 is 4.90 Å². The Morgan fingerprint density at radius 2 is 1.11 bits per heavy atom. The number of furan rings is 1. The molecule has 0 aliphatic rings. The Morgan fingerprint density at radius 3 is 1.84 bits per heavy atom. The first-order valence-corrected chi connectivity index (χ1v) is 12.5. The SMILES string of the molecule is c1ccc(N(c2ccccc2)c2cc3oc4c(ccc5[nH]c6ccccc6c54)c3c3ccccc23)cc1. The van der Waals surface area contributed by atoms with Gasteiger partial charge in [0.15, 0.2) is 0 Å². The Morgan fingerprint density at radius 1 is 0.486 bits per heavy atom. The highest BCUT2D eigenvalue weighted by molar-refractivity contribution is 6.28. The molecule has 8 rings (SSSR count). The normalized spacial score (nSPS) is 11.8. The lowest BCUT2D eigenvalue weighted by molar-refractivity contribution is 0.673. The fraction of sp³-hybridized carbons (Fsp3) is 0. The molecule has 8 aromatic rings. The topological polar surface area (TPSA) is 32.2 Å². The maximum absolute atomic E-state index is 6.76. The second-order valence-corrected chi connectivity index (χ2v) is 9.46. The average molecular weight is 475 g/mol. The standard InChI is InChI=1S/C34H22N2O/c1-3-11-22(12-4-1)36(23-13-5-2-6-14-23)30-21-31-32(25-16-8-7-15-24(25)30)27-19-20-29-33(34(27)37-31)26-17-9-10-18-28(26)35-29/h1-21,35H. The van der Waals surface area contributed by atoms with Gasteiger partial charge in [-0.3, -0.25) is 0 Å². The average Bonchev–Trinajstić information content (AvgIpc) is 3.52. The van der Waals surface area contributed by atoms with Crippen molar-refractivity contribution in [2.75, 3.05) is 4.90 Å². The quantitative estimate of drug-likeness (QED) is 0.276. The summed E-state index contributed by atoms with van der Waals surface area (Å²) in [5, 5.41) is 6.98. The number of hydrogen-bond acceptors (Lipinski definition) is 2. The van der Waals surface area contributed by atoms with Gasteiger partial charge in [-0.15, -0.1) is 0 Å². The van der Waals surface area contributed by atoms with Crippen LogP contribution in [0.1, 0.15) is 0 Å². The zero-order valence-electron chi connectivity index (χ0n) is 20.0. The summed E-state index contributed by atoms with van der Waals surface area (Å²) in [4.78, 5) is 5.87. The Kier molecular flexibility index (Phi) is 4.23. The Bertz CT molecular complexity index is 2050. The minimum absolute atomic E-state index is 0.887. The summed E-state index contributed by atoms with van der Waals surface area (Å²) >= 11 is 0. The highest BCUT2D eigenvalue weighted by Gasteiger charge is 2.21. The van der Waals surface area contributed by atoms with Crippen LogP contribution in [0.3, 0.4) is 0 Å². The molecule has 0 fully saturated rings. The predicted molar refractivity (Wildman–Crippen MR) is 155 cm³/mol. The number of fused-ring (bicyclic) bond motifs is 9. The van der Waals surface area contributed by atoms with E-state index in [4.69, 9.17) is 4.42 Å². The van der Waals surface area contributed by atoms with Crippen molar-refractivity contribution in [3.8, 4) is 0 Å². The molecule has 6 aromatic carbocycles. The van der Waals surface area contributed by atoms with E-state index in [1.54, 1.807) is 0 Å². The van der Waals surface area contributed by atoms with Gasteiger partial charge in [-0.1, -0.05) is 78.9 Å². The van der Waals surface area contributed by atoms with Crippen molar-refractivity contribution in [2.45, 2.75) is 0 Å². The number of nitrogens with one attached hydrogen (secondary N) is 1. The van der Waals surface area contributed by atoms with E-state index >= 15 is 0 Å². The number of anilines is 3. The van der Waals surface area contributed by atoms with Crippen molar-refractivity contribution in [1.29, 1.82) is 0 Å². The molecule has 3 nitrogen and oxygen atoms in total. The lowest BCUT2D eigenvalue weighted by Crippen LogP contribution is -2.10. The first-order chi connectivity index (χ1) is 18.4. The van der Waals surface area contributed by atoms with E-state index in [0.717, 1.165) is 55.4 Å². The van der Waals surface area contributed by atoms with Crippen LogP contribution in [0.2, 0.25) is 0 Å². The number of para-hydroxylation sites is 3. The zero-order chi connectivity index (χ0) is 24.3. The van der Waals surface area contributed by atoms with E-state index in [2.05, 4.69) is 137 Å². The van der Waals surface area contributed by atoms with Crippen LogP contribution in [0, 0.1) is 0 Å². The molecule has 0 spiro atoms. The summed E-state index contributed by atoms with van der Waals surface area (Å²) in [6.07, 6.45) is 0. The highest BCUT2D eigenvalue weighted by Crippen LogP contribution is 2.46. The minimum Gasteiger partial charge on any atom is -0.455 e. The number of nitrogens with zero attached hydrogens (tertiary/aromatic N) is 1. The smallest absolute Gasteiger partial charge is 0.145 e. The number of aromatic nitrogens is 1. The first-order valence-electron chi connectivity index (χ1n) is 12.5. The second kappa shape index (κ2) is 7.74. The lowest BCUT2D eigenvalue weighted by Gasteiger charge is -2.26. The van der Waals surface area contributed by atoms with Crippen molar-refractivity contribution in [2.24, 2.45) is 0 Å². The number of benzene rings is 6. The largest absolute Gasteiger partial charge is 0.455 e. The maximum atomic E-state index is 6.76. The van der Waals surface area contributed by atoms with Crippen molar-refractivity contribution < 1.29 is 4.42 Å². The van der Waals surface area contributed by atoms with Crippen LogP contribution >= 0.6 is 0 Å². The summed E-state index contributed by atoms with van der Waals surface area (Å²) < 4.78 is 6.76. The third-order valence-electron chi connectivity index (χ3n) is 7.36. The van der Waals surface area contributed by atoms with E-state index in [9.17, 15) is 0 Å². The Hall–Kier alpha value is -5.02. The van der Waals surface area contributed by atoms with Gasteiger partial charge < -0.3 is 14.3 Å². The van der Waals surface area contributed by atoms with Crippen LogP contribution in [-0.4, -0.2) is 4.98 Å². The predicted octanol–water partition coefficient (Wildman–Crippen LogP) is 9.84. The van der Waals surface area contributed by atoms with Gasteiger partial charge >= 0.3 is 0 Å². The summed E-state index contributed by atoms with van der Waals surface area (Å²) in [6.45, 7) is 0. The fourth-order valence-corrected chi connectivity index (χ4v) is 5.78. The number of aromatic amines is 1. The molecule has 2 heterocycles. The zero-order valence-corrected chi connectivity index (χ0v) is 20.0. The van der Waals surface area contributed by atoms with E-state index in [1.807, 2.05) is 0 Å². The van der Waals surface area contributed by atoms with Crippen LogP contribution in [-0.2, 0) is 0 Å². The van der Waals surface area contributed by atoms with E-state index < -0.39 is 0 Å². The lowest BCUT2D eigenvalue weighted by atomic mass is 10.00. The number of hydrogen-bond donors (Lipinski definition) is 1. The molecule has 0 bridgehead atoms. The van der Waals surface area contributed by atoms with Crippen LogP contribution in [0.15, 0.2) is 132 Å². The molecule has 0 saturated carbocycles. The van der Waals surface area contributed by atoms with Crippen LogP contribution in [0.25, 0.3) is 54.5 Å². The summed E-state index contributed by atoms with van der Waals surface area (Å²) in [7, 11) is 0. The summed E-state index contributed by atoms with van der Waals surface area (Å²) in [5.41, 5.74) is 7.33. The van der Waals surface area contributed by atoms with Gasteiger partial charge in [0.2, 0.25) is 0 Å². The molecule has 0 unspecified atom stereocenters. The summed E-state index contributed by atoms with van der Waals surface area (Å²) in [6, 6.07) is 44.7. The van der Waals surface area contributed by atoms with Gasteiger partial charge in [-0.05, 0) is 47.9 Å². The number of rotatable bonds is 3. The molecule has 2 aromatic heterocycles. The van der Waals surface area contributed by atoms with Gasteiger partial charge in [-0.25, -0.2) is 0 Å². The molecule has 37 heavy (non-hydrogen) atoms. The van der Waals surface area contributed by atoms with Crippen molar-refractivity contribution >= 4 is 71.6 Å². The summed E-state index contributed by atoms with van der Waals surface area (Å²) in [5.74, 6) is 0. The molecule has 0 radical (unpaired) electrons. The second-order valence-electron chi connectivity index (χ2n) is 9.46. The molecule has 0 aliphatic carbocycles. The Labute approximate surface area is 213 Å². The first kappa shape index (κ1) is 20.2. The van der Waals surface area contributed by atoms with E-state index in [-0.39, 0.29) is 0 Å². The van der Waals surface area contributed by atoms with Crippen molar-refractivity contribution in [3.05, 3.63) is 127 Å². The third kappa shape index (κ3) is 2.95. The molecule has 0 saturated heterocycles. The molecule has 0 aliphatic heterocycles. The van der Waals surface area contributed by atoms with Crippen molar-refractivity contribution in [3.63, 3.8) is 0 Å². The molecule has 1 N–H and O–H groups in total. The van der Waals surface area contributed by atoms with E-state index in [1.165, 1.54) is 16.2 Å². The van der Waals surface area contributed by atoms with Gasteiger partial charge in [0.1, 0.15) is 11.2 Å². The van der Waals surface area contributed by atoms with Gasteiger partial charge in [0.05, 0.1) is 16.6 Å². The third-order valence-corrected chi connectivity index (χ3v) is 7.36. The monoisotopic (exact) mass is 474 g/mol. The highest BCUT2D eigenvalue weighted by atomic mass is 16.3. The van der Waals surface area contributed by atoms with Crippen molar-refractivity contribution in [1.82, 2.24) is 4.98 Å². The van der Waals surface area contributed by atoms with Crippen LogP contribution in [0.4, 0.5) is 17.1 Å². The molecule has 0 amide bonds. The van der Waals surface area contributed by atoms with Crippen LogP contribution in [0.5, 0.6) is 0 Å². The molecule has 0 atom stereocenters. The molecule has 3 heteroatoms. The van der Waals surface area contributed by atoms with Gasteiger partial charge in [-0.2, -0.15) is 0 Å². The molecular weight excluding hydrogens is 452 g/mol. The van der Waals surface area contributed by atoms with Gasteiger partial charge in [0, 0.05) is 44.5 Å². The molecule has 174 valence electrons. The minimum atomic E-state index is 0.887. The Balaban J connectivity index is 1.51. The number of H-pyrrole nitrogens is 1.